The van der Waals surface area contributed by atoms with Gasteiger partial charge in [0.05, 0.1) is 6.04 Å². The van der Waals surface area contributed by atoms with Gasteiger partial charge in [-0.2, -0.15) is 0 Å². The van der Waals surface area contributed by atoms with Crippen LogP contribution >= 0.6 is 0 Å². The highest BCUT2D eigenvalue weighted by atomic mass is 16.6. The van der Waals surface area contributed by atoms with Crippen molar-refractivity contribution in [2.24, 2.45) is 4.99 Å². The van der Waals surface area contributed by atoms with E-state index >= 15 is 0 Å². The molecule has 1 amide bonds. The minimum atomic E-state index is -0.438. The largest absolute Gasteiger partial charge is 0.444 e. The van der Waals surface area contributed by atoms with Crippen LogP contribution in [0.3, 0.4) is 0 Å². The van der Waals surface area contributed by atoms with Crippen molar-refractivity contribution in [2.75, 3.05) is 13.1 Å². The standard InChI is InChI=1S/C13H23N3O2/c1-9-8-14-11(15-9)10-6-5-7-16(10)12(17)18-13(2,3)4/h10-11,14H,5-8H2,1-4H3. The molecule has 5 heteroatoms. The van der Waals surface area contributed by atoms with Crippen LogP contribution in [0.25, 0.3) is 0 Å². The monoisotopic (exact) mass is 253 g/mol. The SMILES string of the molecule is CC1=NC(C2CCCN2C(=O)OC(C)(C)C)NC1. The predicted octanol–water partition coefficient (Wildman–Crippen LogP) is 1.78. The van der Waals surface area contributed by atoms with Gasteiger partial charge in [-0.3, -0.25) is 10.3 Å². The van der Waals surface area contributed by atoms with E-state index in [0.717, 1.165) is 31.6 Å². The van der Waals surface area contributed by atoms with Crippen LogP contribution < -0.4 is 5.32 Å². The third kappa shape index (κ3) is 3.02. The smallest absolute Gasteiger partial charge is 0.410 e. The molecule has 2 rings (SSSR count). The molecular formula is C13H23N3O2. The summed E-state index contributed by atoms with van der Waals surface area (Å²) in [5.41, 5.74) is 0.669. The highest BCUT2D eigenvalue weighted by Crippen LogP contribution is 2.24. The lowest BCUT2D eigenvalue weighted by atomic mass is 10.2. The molecule has 2 atom stereocenters. The molecule has 2 heterocycles. The van der Waals surface area contributed by atoms with E-state index < -0.39 is 5.60 Å². The predicted molar refractivity (Wildman–Crippen MR) is 70.9 cm³/mol. The van der Waals surface area contributed by atoms with Gasteiger partial charge in [0.25, 0.3) is 0 Å². The van der Waals surface area contributed by atoms with Gasteiger partial charge in [-0.1, -0.05) is 0 Å². The summed E-state index contributed by atoms with van der Waals surface area (Å²) in [6.07, 6.45) is 1.84. The van der Waals surface area contributed by atoms with Crippen molar-refractivity contribution >= 4 is 11.8 Å². The Labute approximate surface area is 109 Å². The van der Waals surface area contributed by atoms with Gasteiger partial charge in [0, 0.05) is 18.8 Å². The molecule has 0 bridgehead atoms. The molecule has 2 aliphatic rings. The van der Waals surface area contributed by atoms with E-state index in [1.54, 1.807) is 0 Å². The molecule has 0 radical (unpaired) electrons. The normalized spacial score (nSPS) is 28.4. The fourth-order valence-corrected chi connectivity index (χ4v) is 2.47. The Morgan fingerprint density at radius 1 is 1.50 bits per heavy atom. The summed E-state index contributed by atoms with van der Waals surface area (Å²) < 4.78 is 5.45. The van der Waals surface area contributed by atoms with Crippen LogP contribution in [-0.4, -0.2) is 47.6 Å². The van der Waals surface area contributed by atoms with Crippen LogP contribution in [0.5, 0.6) is 0 Å². The first-order valence-electron chi connectivity index (χ1n) is 6.63. The van der Waals surface area contributed by atoms with E-state index in [9.17, 15) is 4.79 Å². The number of amides is 1. The van der Waals surface area contributed by atoms with E-state index in [-0.39, 0.29) is 18.3 Å². The number of ether oxygens (including phenoxy) is 1. The highest BCUT2D eigenvalue weighted by Gasteiger charge is 2.38. The third-order valence-corrected chi connectivity index (χ3v) is 3.22. The van der Waals surface area contributed by atoms with Crippen molar-refractivity contribution in [2.45, 2.75) is 58.3 Å². The summed E-state index contributed by atoms with van der Waals surface area (Å²) in [6.45, 7) is 9.29. The second-order valence-corrected chi connectivity index (χ2v) is 6.07. The molecule has 1 saturated heterocycles. The van der Waals surface area contributed by atoms with Crippen molar-refractivity contribution in [3.8, 4) is 0 Å². The Hall–Kier alpha value is -1.10. The maximum Gasteiger partial charge on any atom is 0.410 e. The minimum absolute atomic E-state index is 0.0417. The molecular weight excluding hydrogens is 230 g/mol. The second kappa shape index (κ2) is 4.88. The molecule has 2 aliphatic heterocycles. The number of nitrogens with zero attached hydrogens (tertiary/aromatic N) is 2. The zero-order chi connectivity index (χ0) is 13.3. The van der Waals surface area contributed by atoms with Crippen molar-refractivity contribution in [3.05, 3.63) is 0 Å². The molecule has 0 aromatic rings. The van der Waals surface area contributed by atoms with Gasteiger partial charge in [0.15, 0.2) is 0 Å². The lowest BCUT2D eigenvalue weighted by molar-refractivity contribution is 0.0202. The van der Waals surface area contributed by atoms with Crippen molar-refractivity contribution in [3.63, 3.8) is 0 Å². The summed E-state index contributed by atoms with van der Waals surface area (Å²) in [7, 11) is 0. The number of nitrogens with one attached hydrogen (secondary N) is 1. The molecule has 102 valence electrons. The summed E-state index contributed by atoms with van der Waals surface area (Å²) >= 11 is 0. The molecule has 2 unspecified atom stereocenters. The van der Waals surface area contributed by atoms with Crippen molar-refractivity contribution < 1.29 is 9.53 Å². The summed E-state index contributed by atoms with van der Waals surface area (Å²) in [6, 6.07) is 0.136. The van der Waals surface area contributed by atoms with Gasteiger partial charge in [-0.15, -0.1) is 0 Å². The van der Waals surface area contributed by atoms with Crippen molar-refractivity contribution in [1.29, 1.82) is 0 Å². The van der Waals surface area contributed by atoms with Crippen LogP contribution in [0.2, 0.25) is 0 Å². The van der Waals surface area contributed by atoms with E-state index in [1.807, 2.05) is 32.6 Å². The van der Waals surface area contributed by atoms with E-state index in [0.29, 0.717) is 0 Å². The van der Waals surface area contributed by atoms with Crippen LogP contribution in [0.15, 0.2) is 4.99 Å². The first-order chi connectivity index (χ1) is 8.37. The number of hydrogen-bond acceptors (Lipinski definition) is 4. The summed E-state index contributed by atoms with van der Waals surface area (Å²) in [4.78, 5) is 18.5. The van der Waals surface area contributed by atoms with Gasteiger partial charge >= 0.3 is 6.09 Å². The Bertz CT molecular complexity index is 360. The van der Waals surface area contributed by atoms with Crippen molar-refractivity contribution in [1.82, 2.24) is 10.2 Å². The average molecular weight is 253 g/mol. The molecule has 0 saturated carbocycles. The first-order valence-corrected chi connectivity index (χ1v) is 6.63. The fourth-order valence-electron chi connectivity index (χ4n) is 2.47. The van der Waals surface area contributed by atoms with Crippen LogP contribution in [0, 0.1) is 0 Å². The molecule has 1 fully saturated rings. The Kier molecular flexibility index (Phi) is 3.61. The Morgan fingerprint density at radius 3 is 2.78 bits per heavy atom. The number of carbonyl (C=O) groups excluding carboxylic acids is 1. The van der Waals surface area contributed by atoms with Crippen LogP contribution in [0.1, 0.15) is 40.5 Å². The molecule has 0 aliphatic carbocycles. The molecule has 1 N–H and O–H groups in total. The minimum Gasteiger partial charge on any atom is -0.444 e. The van der Waals surface area contributed by atoms with Gasteiger partial charge < -0.3 is 9.64 Å². The average Bonchev–Trinajstić information content (AvgIpc) is 2.81. The Balaban J connectivity index is 2.01. The number of aliphatic imine (C=N–C) groups is 1. The number of carbonyl (C=O) groups is 1. The molecule has 0 aromatic carbocycles. The molecule has 18 heavy (non-hydrogen) atoms. The van der Waals surface area contributed by atoms with E-state index in [2.05, 4.69) is 10.3 Å². The topological polar surface area (TPSA) is 53.9 Å². The molecule has 0 spiro atoms. The highest BCUT2D eigenvalue weighted by molar-refractivity contribution is 5.85. The van der Waals surface area contributed by atoms with Gasteiger partial charge in [-0.25, -0.2) is 4.79 Å². The third-order valence-electron chi connectivity index (χ3n) is 3.22. The van der Waals surface area contributed by atoms with E-state index in [1.165, 1.54) is 0 Å². The number of likely N-dealkylation sites (tertiary alicyclic amines) is 1. The fraction of sp³-hybridized carbons (Fsp3) is 0.846. The lowest BCUT2D eigenvalue weighted by Gasteiger charge is -2.30. The van der Waals surface area contributed by atoms with Gasteiger partial charge in [0.2, 0.25) is 0 Å². The van der Waals surface area contributed by atoms with E-state index in [4.69, 9.17) is 4.74 Å². The Morgan fingerprint density at radius 2 is 2.22 bits per heavy atom. The van der Waals surface area contributed by atoms with Crippen LogP contribution in [0.4, 0.5) is 4.79 Å². The van der Waals surface area contributed by atoms with Gasteiger partial charge in [0.1, 0.15) is 11.8 Å². The second-order valence-electron chi connectivity index (χ2n) is 6.07. The molecule has 0 aromatic heterocycles. The first kappa shape index (κ1) is 13.3. The number of rotatable bonds is 1. The summed E-state index contributed by atoms with van der Waals surface area (Å²) in [5.74, 6) is 0. The maximum absolute atomic E-state index is 12.1. The maximum atomic E-state index is 12.1. The number of hydrogen-bond donors (Lipinski definition) is 1. The zero-order valence-electron chi connectivity index (χ0n) is 11.7. The summed E-state index contributed by atoms with van der Waals surface area (Å²) in [5, 5.41) is 3.34. The molecule has 5 nitrogen and oxygen atoms in total. The quantitative estimate of drug-likeness (QED) is 0.775. The lowest BCUT2D eigenvalue weighted by Crippen LogP contribution is -2.48. The van der Waals surface area contributed by atoms with Gasteiger partial charge in [-0.05, 0) is 40.5 Å². The zero-order valence-corrected chi connectivity index (χ0v) is 11.7. The van der Waals surface area contributed by atoms with Crippen LogP contribution in [-0.2, 0) is 4.74 Å².